The predicted octanol–water partition coefficient (Wildman–Crippen LogP) is 7.86. The molecule has 0 aromatic rings. The highest BCUT2D eigenvalue weighted by Gasteiger charge is 2.68. The quantitative estimate of drug-likeness (QED) is 0.423. The highest BCUT2D eigenvalue weighted by atomic mass is 16.3. The third-order valence-corrected chi connectivity index (χ3v) is 12.6. The normalized spacial score (nSPS) is 55.4. The van der Waals surface area contributed by atoms with Gasteiger partial charge in [-0.1, -0.05) is 47.5 Å². The maximum Gasteiger partial charge on any atom is 0.0571 e. The lowest BCUT2D eigenvalue weighted by molar-refractivity contribution is -0.233. The van der Waals surface area contributed by atoms with Gasteiger partial charge < -0.3 is 5.11 Å². The Hall–Kier alpha value is -0.480. The largest absolute Gasteiger partial charge is 0.393 e. The van der Waals surface area contributed by atoms with Crippen molar-refractivity contribution in [2.24, 2.45) is 51.2 Å². The number of aliphatic hydroxyl groups is 1. The first kappa shape index (κ1) is 23.7. The van der Waals surface area contributed by atoms with E-state index in [2.05, 4.69) is 47.0 Å². The highest BCUT2D eigenvalue weighted by molar-refractivity contribution is 5.17. The Kier molecular flexibility index (Phi) is 6.17. The lowest BCUT2D eigenvalue weighted by Crippen LogP contribution is -2.65. The first-order valence-electron chi connectivity index (χ1n) is 13.7. The van der Waals surface area contributed by atoms with Gasteiger partial charge in [-0.25, -0.2) is 0 Å². The maximum atomic E-state index is 10.8. The molecule has 0 aliphatic heterocycles. The van der Waals surface area contributed by atoms with Gasteiger partial charge in [0, 0.05) is 0 Å². The first-order chi connectivity index (χ1) is 14.6. The number of fused-ring (bicyclic) bond motifs is 7. The molecule has 0 bridgehead atoms. The van der Waals surface area contributed by atoms with E-state index in [9.17, 15) is 5.11 Å². The standard InChI is InChI=1S/C27H46O.C3H4/c1-6-18-19-11-15-27(5)23(25(19,3)14-12-22(18)28)10-9-21-20-8-7-13-24(20,2)16-17-26(21,27)4;1-3-2/h18-23,28H,6-17H2,1-5H3;1H,2H3/t18?,19?,20?,21?,22?,23?,24?,25?,26-,27?;/m1./s1. The predicted molar refractivity (Wildman–Crippen MR) is 131 cm³/mol. The molecule has 5 aliphatic rings. The Morgan fingerprint density at radius 1 is 0.806 bits per heavy atom. The summed E-state index contributed by atoms with van der Waals surface area (Å²) >= 11 is 0. The van der Waals surface area contributed by atoms with Crippen LogP contribution in [0.4, 0.5) is 0 Å². The molecule has 5 aliphatic carbocycles. The fourth-order valence-electron chi connectivity index (χ4n) is 10.8. The first-order valence-corrected chi connectivity index (χ1v) is 13.7. The van der Waals surface area contributed by atoms with Gasteiger partial charge in [0.05, 0.1) is 6.10 Å². The molecule has 5 fully saturated rings. The second-order valence-corrected chi connectivity index (χ2v) is 13.3. The van der Waals surface area contributed by atoms with E-state index < -0.39 is 0 Å². The van der Waals surface area contributed by atoms with Crippen LogP contribution in [0.25, 0.3) is 0 Å². The molecule has 31 heavy (non-hydrogen) atoms. The van der Waals surface area contributed by atoms with Crippen LogP contribution in [-0.4, -0.2) is 11.2 Å². The van der Waals surface area contributed by atoms with E-state index in [1.807, 2.05) is 0 Å². The molecule has 176 valence electrons. The Balaban J connectivity index is 0.000000730. The van der Waals surface area contributed by atoms with Gasteiger partial charge in [0.15, 0.2) is 0 Å². The average molecular weight is 427 g/mol. The minimum atomic E-state index is -0.0340. The molecule has 0 spiro atoms. The van der Waals surface area contributed by atoms with Crippen molar-refractivity contribution in [1.82, 2.24) is 0 Å². The molecule has 0 heterocycles. The van der Waals surface area contributed by atoms with Gasteiger partial charge in [-0.05, 0) is 122 Å². The van der Waals surface area contributed by atoms with Crippen molar-refractivity contribution in [3.63, 3.8) is 0 Å². The van der Waals surface area contributed by atoms with Crippen LogP contribution < -0.4 is 0 Å². The molecule has 0 aromatic carbocycles. The van der Waals surface area contributed by atoms with E-state index in [0.29, 0.717) is 27.6 Å². The molecular formula is C30H50O. The molecule has 1 heteroatoms. The second kappa shape index (κ2) is 8.08. The SMILES string of the molecule is C#CC.CCC1C(O)CCC2(C)C1CCC1(C)C2CCC2C3CCCC3(C)CC[C@]21C. The Labute approximate surface area is 193 Å². The van der Waals surface area contributed by atoms with Crippen LogP contribution in [0.2, 0.25) is 0 Å². The summed E-state index contributed by atoms with van der Waals surface area (Å²) in [6.07, 6.45) is 21.3. The zero-order chi connectivity index (χ0) is 22.7. The minimum absolute atomic E-state index is 0.0340. The molecular weight excluding hydrogens is 376 g/mol. The highest BCUT2D eigenvalue weighted by Crippen LogP contribution is 2.75. The summed E-state index contributed by atoms with van der Waals surface area (Å²) in [5.74, 6) is 6.43. The summed E-state index contributed by atoms with van der Waals surface area (Å²) in [5.41, 5.74) is 2.20. The molecule has 1 N–H and O–H groups in total. The molecule has 1 nitrogen and oxygen atoms in total. The van der Waals surface area contributed by atoms with Crippen molar-refractivity contribution in [3.8, 4) is 12.3 Å². The number of hydrogen-bond acceptors (Lipinski definition) is 1. The topological polar surface area (TPSA) is 20.2 Å². The summed E-state index contributed by atoms with van der Waals surface area (Å²) < 4.78 is 0. The Morgan fingerprint density at radius 2 is 1.52 bits per heavy atom. The average Bonchev–Trinajstić information content (AvgIpc) is 3.12. The smallest absolute Gasteiger partial charge is 0.0571 e. The Morgan fingerprint density at radius 3 is 2.19 bits per heavy atom. The molecule has 9 unspecified atom stereocenters. The van der Waals surface area contributed by atoms with Crippen LogP contribution in [0.3, 0.4) is 0 Å². The van der Waals surface area contributed by atoms with E-state index in [0.717, 1.165) is 30.1 Å². The second-order valence-electron chi connectivity index (χ2n) is 13.3. The number of hydrogen-bond donors (Lipinski definition) is 1. The van der Waals surface area contributed by atoms with Crippen LogP contribution in [0.5, 0.6) is 0 Å². The summed E-state index contributed by atoms with van der Waals surface area (Å²) in [6, 6.07) is 0. The van der Waals surface area contributed by atoms with Gasteiger partial charge in [-0.3, -0.25) is 0 Å². The van der Waals surface area contributed by atoms with Gasteiger partial charge in [0.1, 0.15) is 0 Å². The van der Waals surface area contributed by atoms with Crippen LogP contribution in [-0.2, 0) is 0 Å². The fraction of sp³-hybridized carbons (Fsp3) is 0.933. The van der Waals surface area contributed by atoms with E-state index in [-0.39, 0.29) is 6.10 Å². The summed E-state index contributed by atoms with van der Waals surface area (Å²) in [5, 5.41) is 10.8. The summed E-state index contributed by atoms with van der Waals surface area (Å²) in [4.78, 5) is 0. The fourth-order valence-corrected chi connectivity index (χ4v) is 10.8. The monoisotopic (exact) mass is 426 g/mol. The zero-order valence-electron chi connectivity index (χ0n) is 21.5. The van der Waals surface area contributed by atoms with Gasteiger partial charge in [0.25, 0.3) is 0 Å². The van der Waals surface area contributed by atoms with Gasteiger partial charge in [-0.2, -0.15) is 0 Å². The van der Waals surface area contributed by atoms with Crippen molar-refractivity contribution < 1.29 is 5.11 Å². The van der Waals surface area contributed by atoms with Gasteiger partial charge in [-0.15, -0.1) is 12.3 Å². The number of rotatable bonds is 1. The van der Waals surface area contributed by atoms with Crippen molar-refractivity contribution in [2.45, 2.75) is 125 Å². The summed E-state index contributed by atoms with van der Waals surface area (Å²) in [6.45, 7) is 14.8. The van der Waals surface area contributed by atoms with Crippen LogP contribution in [0.1, 0.15) is 119 Å². The lowest BCUT2D eigenvalue weighted by Gasteiger charge is -2.71. The molecule has 0 aromatic heterocycles. The third-order valence-electron chi connectivity index (χ3n) is 12.6. The van der Waals surface area contributed by atoms with E-state index in [1.165, 1.54) is 70.6 Å². The lowest BCUT2D eigenvalue weighted by atomic mass is 9.33. The molecule has 10 atom stereocenters. The number of terminal acetylenes is 1. The Bertz CT molecular complexity index is 706. The van der Waals surface area contributed by atoms with Gasteiger partial charge in [0.2, 0.25) is 0 Å². The van der Waals surface area contributed by atoms with Crippen molar-refractivity contribution >= 4 is 0 Å². The molecule has 0 saturated heterocycles. The van der Waals surface area contributed by atoms with E-state index in [4.69, 9.17) is 0 Å². The van der Waals surface area contributed by atoms with E-state index in [1.54, 1.807) is 6.92 Å². The van der Waals surface area contributed by atoms with Crippen LogP contribution in [0.15, 0.2) is 0 Å². The van der Waals surface area contributed by atoms with Crippen molar-refractivity contribution in [2.75, 3.05) is 0 Å². The minimum Gasteiger partial charge on any atom is -0.393 e. The molecule has 0 amide bonds. The maximum absolute atomic E-state index is 10.8. The van der Waals surface area contributed by atoms with Gasteiger partial charge >= 0.3 is 0 Å². The summed E-state index contributed by atoms with van der Waals surface area (Å²) in [7, 11) is 0. The molecule has 5 rings (SSSR count). The molecule has 0 radical (unpaired) electrons. The van der Waals surface area contributed by atoms with Crippen LogP contribution >= 0.6 is 0 Å². The van der Waals surface area contributed by atoms with Crippen molar-refractivity contribution in [3.05, 3.63) is 0 Å². The third kappa shape index (κ3) is 3.21. The van der Waals surface area contributed by atoms with Crippen LogP contribution in [0, 0.1) is 63.6 Å². The molecule has 5 saturated carbocycles. The zero-order valence-corrected chi connectivity index (χ0v) is 21.5. The number of aliphatic hydroxyl groups excluding tert-OH is 1. The van der Waals surface area contributed by atoms with E-state index >= 15 is 0 Å². The van der Waals surface area contributed by atoms with Crippen molar-refractivity contribution in [1.29, 1.82) is 0 Å².